The summed E-state index contributed by atoms with van der Waals surface area (Å²) >= 11 is 18.7. The Kier molecular flexibility index (Phi) is 5.27. The second-order valence-corrected chi connectivity index (χ2v) is 9.30. The lowest BCUT2D eigenvalue weighted by molar-refractivity contribution is 0.256. The maximum atomic E-state index is 14.2. The number of aromatic nitrogens is 4. The third-order valence-electron chi connectivity index (χ3n) is 5.98. The van der Waals surface area contributed by atoms with Crippen LogP contribution in [0.4, 0.5) is 4.39 Å². The van der Waals surface area contributed by atoms with E-state index in [4.69, 9.17) is 44.3 Å². The smallest absolute Gasteiger partial charge is 0.268 e. The molecule has 2 heterocycles. The Bertz CT molecular complexity index is 1310. The predicted octanol–water partition coefficient (Wildman–Crippen LogP) is 7.25. The summed E-state index contributed by atoms with van der Waals surface area (Å²) in [6, 6.07) is 12.6. The van der Waals surface area contributed by atoms with E-state index in [1.54, 1.807) is 35.0 Å². The highest BCUT2D eigenvalue weighted by Gasteiger charge is 2.54. The van der Waals surface area contributed by atoms with E-state index in [9.17, 15) is 4.39 Å². The Labute approximate surface area is 199 Å². The van der Waals surface area contributed by atoms with Crippen molar-refractivity contribution in [3.05, 3.63) is 69.0 Å². The molecular weight excluding hydrogens is 474 g/mol. The van der Waals surface area contributed by atoms with E-state index in [2.05, 4.69) is 10.2 Å². The molecule has 0 bridgehead atoms. The number of rotatable bonds is 5. The average Bonchev–Trinajstić information content (AvgIpc) is 3.31. The standard InChI is InChI=1S/C23H18Cl3FN4O/c1-12-19(21-28-29-22(32-21)23(9-10-23)13(2)27)30-31(18-8-7-16(25)11-17(18)26)20(12)14-3-5-15(24)6-4-14/h3-8,11,13H,9-10H2,1-2H3. The van der Waals surface area contributed by atoms with E-state index in [1.165, 1.54) is 6.92 Å². The second kappa shape index (κ2) is 7.87. The van der Waals surface area contributed by atoms with Crippen molar-refractivity contribution in [1.82, 2.24) is 20.0 Å². The molecule has 0 aliphatic heterocycles. The molecule has 32 heavy (non-hydrogen) atoms. The molecule has 1 saturated carbocycles. The van der Waals surface area contributed by atoms with E-state index in [1.807, 2.05) is 19.1 Å². The summed E-state index contributed by atoms with van der Waals surface area (Å²) in [6.07, 6.45) is 0.318. The molecule has 164 valence electrons. The zero-order chi connectivity index (χ0) is 22.6. The highest BCUT2D eigenvalue weighted by atomic mass is 35.5. The topological polar surface area (TPSA) is 56.7 Å². The van der Waals surface area contributed by atoms with Gasteiger partial charge in [0.1, 0.15) is 6.17 Å². The van der Waals surface area contributed by atoms with Crippen molar-refractivity contribution in [2.75, 3.05) is 0 Å². The third-order valence-corrected chi connectivity index (χ3v) is 6.77. The van der Waals surface area contributed by atoms with Crippen molar-refractivity contribution in [3.63, 3.8) is 0 Å². The van der Waals surface area contributed by atoms with Crippen molar-refractivity contribution >= 4 is 34.8 Å². The molecule has 4 aromatic rings. The SMILES string of the molecule is Cc1c(-c2nnc(C3(C(C)F)CC3)o2)nn(-c2ccc(Cl)cc2Cl)c1-c1ccc(Cl)cc1. The summed E-state index contributed by atoms with van der Waals surface area (Å²) in [5, 5.41) is 14.7. The molecule has 0 radical (unpaired) electrons. The van der Waals surface area contributed by atoms with Gasteiger partial charge < -0.3 is 4.42 Å². The molecule has 0 N–H and O–H groups in total. The fourth-order valence-electron chi connectivity index (χ4n) is 3.91. The van der Waals surface area contributed by atoms with Crippen molar-refractivity contribution in [3.8, 4) is 28.5 Å². The number of hydrogen-bond donors (Lipinski definition) is 0. The Morgan fingerprint density at radius 1 is 1.03 bits per heavy atom. The van der Waals surface area contributed by atoms with Crippen LogP contribution in [0.3, 0.4) is 0 Å². The summed E-state index contributed by atoms with van der Waals surface area (Å²) in [6.45, 7) is 3.44. The number of benzene rings is 2. The van der Waals surface area contributed by atoms with Crippen molar-refractivity contribution in [2.45, 2.75) is 38.3 Å². The van der Waals surface area contributed by atoms with E-state index in [0.29, 0.717) is 45.2 Å². The van der Waals surface area contributed by atoms with Gasteiger partial charge in [-0.1, -0.05) is 46.9 Å². The van der Waals surface area contributed by atoms with Gasteiger partial charge >= 0.3 is 0 Å². The lowest BCUT2D eigenvalue weighted by Crippen LogP contribution is -2.18. The van der Waals surface area contributed by atoms with E-state index < -0.39 is 11.6 Å². The minimum atomic E-state index is -1.06. The largest absolute Gasteiger partial charge is 0.418 e. The molecular formula is C23H18Cl3FN4O. The molecule has 1 aliphatic rings. The number of nitrogens with zero attached hydrogens (tertiary/aromatic N) is 4. The van der Waals surface area contributed by atoms with Gasteiger partial charge in [-0.3, -0.25) is 0 Å². The number of alkyl halides is 1. The quantitative estimate of drug-likeness (QED) is 0.295. The van der Waals surface area contributed by atoms with Gasteiger partial charge in [0.2, 0.25) is 5.89 Å². The molecule has 1 unspecified atom stereocenters. The maximum Gasteiger partial charge on any atom is 0.268 e. The van der Waals surface area contributed by atoms with Gasteiger partial charge in [0.15, 0.2) is 5.69 Å². The van der Waals surface area contributed by atoms with E-state index in [0.717, 1.165) is 16.8 Å². The lowest BCUT2D eigenvalue weighted by Gasteiger charge is -2.11. The summed E-state index contributed by atoms with van der Waals surface area (Å²) in [4.78, 5) is 0. The third kappa shape index (κ3) is 3.51. The molecule has 1 aliphatic carbocycles. The van der Waals surface area contributed by atoms with Gasteiger partial charge in [-0.15, -0.1) is 10.2 Å². The van der Waals surface area contributed by atoms with Crippen LogP contribution in [0.15, 0.2) is 46.9 Å². The fourth-order valence-corrected chi connectivity index (χ4v) is 4.52. The number of hydrogen-bond acceptors (Lipinski definition) is 4. The first kappa shape index (κ1) is 21.4. The molecule has 1 fully saturated rings. The average molecular weight is 492 g/mol. The molecule has 0 spiro atoms. The monoisotopic (exact) mass is 490 g/mol. The van der Waals surface area contributed by atoms with Crippen LogP contribution in [0.2, 0.25) is 15.1 Å². The molecule has 2 aromatic heterocycles. The van der Waals surface area contributed by atoms with Crippen LogP contribution in [0.1, 0.15) is 31.2 Å². The molecule has 1 atom stereocenters. The second-order valence-electron chi connectivity index (χ2n) is 8.02. The first-order chi connectivity index (χ1) is 15.3. The minimum absolute atomic E-state index is 0.239. The summed E-state index contributed by atoms with van der Waals surface area (Å²) in [5.74, 6) is 0.553. The Balaban J connectivity index is 1.68. The Hall–Kier alpha value is -2.41. The lowest BCUT2D eigenvalue weighted by atomic mass is 10.0. The van der Waals surface area contributed by atoms with Crippen LogP contribution in [-0.4, -0.2) is 26.1 Å². The van der Waals surface area contributed by atoms with Crippen LogP contribution < -0.4 is 0 Å². The Morgan fingerprint density at radius 3 is 2.34 bits per heavy atom. The number of halogens is 4. The highest BCUT2D eigenvalue weighted by molar-refractivity contribution is 6.35. The van der Waals surface area contributed by atoms with Gasteiger partial charge in [-0.25, -0.2) is 9.07 Å². The van der Waals surface area contributed by atoms with E-state index >= 15 is 0 Å². The van der Waals surface area contributed by atoms with E-state index in [-0.39, 0.29) is 5.89 Å². The molecule has 0 amide bonds. The molecule has 0 saturated heterocycles. The van der Waals surface area contributed by atoms with Gasteiger partial charge in [0.05, 0.1) is 21.8 Å². The van der Waals surface area contributed by atoms with Crippen LogP contribution in [0.25, 0.3) is 28.5 Å². The first-order valence-corrected chi connectivity index (χ1v) is 11.2. The zero-order valence-electron chi connectivity index (χ0n) is 17.2. The maximum absolute atomic E-state index is 14.2. The summed E-state index contributed by atoms with van der Waals surface area (Å²) in [7, 11) is 0. The van der Waals surface area contributed by atoms with Crippen LogP contribution >= 0.6 is 34.8 Å². The van der Waals surface area contributed by atoms with Crippen molar-refractivity contribution in [1.29, 1.82) is 0 Å². The molecule has 5 nitrogen and oxygen atoms in total. The minimum Gasteiger partial charge on any atom is -0.418 e. The van der Waals surface area contributed by atoms with Gasteiger partial charge in [0.25, 0.3) is 5.89 Å². The van der Waals surface area contributed by atoms with Crippen LogP contribution in [0.5, 0.6) is 0 Å². The Morgan fingerprint density at radius 2 is 1.72 bits per heavy atom. The van der Waals surface area contributed by atoms with Gasteiger partial charge in [-0.2, -0.15) is 5.10 Å². The van der Waals surface area contributed by atoms with Crippen molar-refractivity contribution in [2.24, 2.45) is 0 Å². The summed E-state index contributed by atoms with van der Waals surface area (Å²) < 4.78 is 21.8. The fraction of sp³-hybridized carbons (Fsp3) is 0.261. The van der Waals surface area contributed by atoms with Gasteiger partial charge in [-0.05, 0) is 57.0 Å². The summed E-state index contributed by atoms with van der Waals surface area (Å²) in [5.41, 5.74) is 2.95. The predicted molar refractivity (Wildman–Crippen MR) is 124 cm³/mol. The highest BCUT2D eigenvalue weighted by Crippen LogP contribution is 2.52. The van der Waals surface area contributed by atoms with Crippen LogP contribution in [0, 0.1) is 6.92 Å². The van der Waals surface area contributed by atoms with Crippen LogP contribution in [-0.2, 0) is 5.41 Å². The zero-order valence-corrected chi connectivity index (χ0v) is 19.5. The molecule has 2 aromatic carbocycles. The van der Waals surface area contributed by atoms with Crippen molar-refractivity contribution < 1.29 is 8.81 Å². The molecule has 5 rings (SSSR count). The first-order valence-electron chi connectivity index (χ1n) is 10.1. The van der Waals surface area contributed by atoms with Gasteiger partial charge in [0, 0.05) is 21.2 Å². The molecule has 9 heteroatoms. The normalized spacial score (nSPS) is 15.7.